The standard InChI is InChI=1S/C13H19N3/c1-10-8-11(14)9-15-12(10)16-6-4-13(2-3-13)5-7-16/h8-9H,2-7,14H2,1H3. The minimum absolute atomic E-state index is 0.734. The summed E-state index contributed by atoms with van der Waals surface area (Å²) in [6.07, 6.45) is 7.37. The van der Waals surface area contributed by atoms with Crippen LogP contribution in [0, 0.1) is 12.3 Å². The monoisotopic (exact) mass is 217 g/mol. The molecule has 86 valence electrons. The molecule has 1 aliphatic heterocycles. The summed E-state index contributed by atoms with van der Waals surface area (Å²) < 4.78 is 0. The quantitative estimate of drug-likeness (QED) is 0.785. The maximum absolute atomic E-state index is 5.73. The van der Waals surface area contributed by atoms with E-state index in [1.165, 1.54) is 31.2 Å². The van der Waals surface area contributed by atoms with Gasteiger partial charge >= 0.3 is 0 Å². The van der Waals surface area contributed by atoms with Crippen molar-refractivity contribution in [2.24, 2.45) is 5.41 Å². The van der Waals surface area contributed by atoms with Gasteiger partial charge in [-0.3, -0.25) is 0 Å². The Morgan fingerprint density at radius 1 is 1.25 bits per heavy atom. The fourth-order valence-electron chi connectivity index (χ4n) is 2.79. The first-order valence-electron chi connectivity index (χ1n) is 6.16. The molecule has 1 saturated heterocycles. The fourth-order valence-corrected chi connectivity index (χ4v) is 2.79. The molecule has 1 spiro atoms. The van der Waals surface area contributed by atoms with Crippen LogP contribution >= 0.6 is 0 Å². The number of hydrogen-bond donors (Lipinski definition) is 1. The van der Waals surface area contributed by atoms with Crippen molar-refractivity contribution >= 4 is 11.5 Å². The summed E-state index contributed by atoms with van der Waals surface area (Å²) in [4.78, 5) is 6.89. The number of pyridine rings is 1. The summed E-state index contributed by atoms with van der Waals surface area (Å²) in [6.45, 7) is 4.43. The number of anilines is 2. The minimum atomic E-state index is 0.734. The van der Waals surface area contributed by atoms with Crippen molar-refractivity contribution in [3.8, 4) is 0 Å². The van der Waals surface area contributed by atoms with Crippen LogP contribution in [-0.4, -0.2) is 18.1 Å². The highest BCUT2D eigenvalue weighted by Crippen LogP contribution is 2.53. The Kier molecular flexibility index (Phi) is 2.09. The third-order valence-electron chi connectivity index (χ3n) is 4.15. The highest BCUT2D eigenvalue weighted by molar-refractivity contribution is 5.52. The first-order chi connectivity index (χ1) is 7.69. The number of rotatable bonds is 1. The zero-order valence-electron chi connectivity index (χ0n) is 9.87. The Labute approximate surface area is 96.7 Å². The number of nitrogen functional groups attached to an aromatic ring is 1. The van der Waals surface area contributed by atoms with Crippen LogP contribution in [-0.2, 0) is 0 Å². The van der Waals surface area contributed by atoms with Gasteiger partial charge in [0.1, 0.15) is 5.82 Å². The van der Waals surface area contributed by atoms with Gasteiger partial charge in [-0.1, -0.05) is 0 Å². The van der Waals surface area contributed by atoms with E-state index in [-0.39, 0.29) is 0 Å². The molecule has 0 atom stereocenters. The van der Waals surface area contributed by atoms with Gasteiger partial charge in [0.2, 0.25) is 0 Å². The second-order valence-corrected chi connectivity index (χ2v) is 5.40. The Balaban J connectivity index is 1.77. The van der Waals surface area contributed by atoms with Gasteiger partial charge in [-0.25, -0.2) is 4.98 Å². The summed E-state index contributed by atoms with van der Waals surface area (Å²) in [6, 6.07) is 2.02. The van der Waals surface area contributed by atoms with Gasteiger partial charge in [0.05, 0.1) is 11.9 Å². The molecule has 1 aromatic rings. The summed E-state index contributed by atoms with van der Waals surface area (Å²) in [5.74, 6) is 1.13. The summed E-state index contributed by atoms with van der Waals surface area (Å²) in [5.41, 5.74) is 8.43. The van der Waals surface area contributed by atoms with E-state index in [0.717, 1.165) is 30.0 Å². The lowest BCUT2D eigenvalue weighted by Gasteiger charge is -2.33. The van der Waals surface area contributed by atoms with E-state index in [9.17, 15) is 0 Å². The van der Waals surface area contributed by atoms with Crippen molar-refractivity contribution in [1.29, 1.82) is 0 Å². The van der Waals surface area contributed by atoms with Gasteiger partial charge in [-0.15, -0.1) is 0 Å². The maximum atomic E-state index is 5.73. The molecule has 0 bridgehead atoms. The van der Waals surface area contributed by atoms with E-state index < -0.39 is 0 Å². The van der Waals surface area contributed by atoms with E-state index in [2.05, 4.69) is 16.8 Å². The smallest absolute Gasteiger partial charge is 0.131 e. The van der Waals surface area contributed by atoms with Gasteiger partial charge in [-0.2, -0.15) is 0 Å². The number of nitrogens with two attached hydrogens (primary N) is 1. The highest BCUT2D eigenvalue weighted by atomic mass is 15.2. The average molecular weight is 217 g/mol. The van der Waals surface area contributed by atoms with Gasteiger partial charge in [0, 0.05) is 13.1 Å². The molecular formula is C13H19N3. The van der Waals surface area contributed by atoms with Gasteiger partial charge in [0.15, 0.2) is 0 Å². The van der Waals surface area contributed by atoms with Crippen LogP contribution < -0.4 is 10.6 Å². The van der Waals surface area contributed by atoms with Crippen LogP contribution in [0.25, 0.3) is 0 Å². The molecule has 3 nitrogen and oxygen atoms in total. The van der Waals surface area contributed by atoms with Crippen LogP contribution in [0.2, 0.25) is 0 Å². The maximum Gasteiger partial charge on any atom is 0.131 e. The summed E-state index contributed by atoms with van der Waals surface area (Å²) in [5, 5.41) is 0. The largest absolute Gasteiger partial charge is 0.397 e. The summed E-state index contributed by atoms with van der Waals surface area (Å²) in [7, 11) is 0. The fraction of sp³-hybridized carbons (Fsp3) is 0.615. The lowest BCUT2D eigenvalue weighted by atomic mass is 9.93. The van der Waals surface area contributed by atoms with Crippen molar-refractivity contribution in [3.63, 3.8) is 0 Å². The second-order valence-electron chi connectivity index (χ2n) is 5.40. The molecule has 1 saturated carbocycles. The highest BCUT2D eigenvalue weighted by Gasteiger charge is 2.44. The van der Waals surface area contributed by atoms with Gasteiger partial charge in [-0.05, 0) is 49.7 Å². The Hall–Kier alpha value is -1.25. The van der Waals surface area contributed by atoms with Crippen LogP contribution in [0.1, 0.15) is 31.2 Å². The predicted octanol–water partition coefficient (Wildman–Crippen LogP) is 2.35. The summed E-state index contributed by atoms with van der Waals surface area (Å²) >= 11 is 0. The first-order valence-corrected chi connectivity index (χ1v) is 6.16. The second kappa shape index (κ2) is 3.37. The Bertz CT molecular complexity index is 400. The molecule has 3 rings (SSSR count). The van der Waals surface area contributed by atoms with Crippen LogP contribution in [0.15, 0.2) is 12.3 Å². The van der Waals surface area contributed by atoms with Crippen LogP contribution in [0.3, 0.4) is 0 Å². The molecular weight excluding hydrogens is 198 g/mol. The molecule has 2 fully saturated rings. The van der Waals surface area contributed by atoms with E-state index in [1.807, 2.05) is 6.07 Å². The van der Waals surface area contributed by atoms with E-state index in [1.54, 1.807) is 6.20 Å². The average Bonchev–Trinajstić information content (AvgIpc) is 3.00. The molecule has 16 heavy (non-hydrogen) atoms. The van der Waals surface area contributed by atoms with Gasteiger partial charge in [0.25, 0.3) is 0 Å². The topological polar surface area (TPSA) is 42.1 Å². The molecule has 0 aromatic carbocycles. The SMILES string of the molecule is Cc1cc(N)cnc1N1CCC2(CC1)CC2. The molecule has 0 unspecified atom stereocenters. The van der Waals surface area contributed by atoms with E-state index in [4.69, 9.17) is 5.73 Å². The van der Waals surface area contributed by atoms with Crippen molar-refractivity contribution < 1.29 is 0 Å². The minimum Gasteiger partial charge on any atom is -0.397 e. The van der Waals surface area contributed by atoms with Crippen molar-refractivity contribution in [2.75, 3.05) is 23.7 Å². The Morgan fingerprint density at radius 3 is 2.50 bits per heavy atom. The van der Waals surface area contributed by atoms with Gasteiger partial charge < -0.3 is 10.6 Å². The number of piperidine rings is 1. The third kappa shape index (κ3) is 1.64. The molecule has 2 aliphatic rings. The zero-order valence-corrected chi connectivity index (χ0v) is 9.87. The number of nitrogens with zero attached hydrogens (tertiary/aromatic N) is 2. The van der Waals surface area contributed by atoms with Crippen LogP contribution in [0.4, 0.5) is 11.5 Å². The molecule has 2 heterocycles. The van der Waals surface area contributed by atoms with Crippen molar-refractivity contribution in [3.05, 3.63) is 17.8 Å². The molecule has 1 aromatic heterocycles. The Morgan fingerprint density at radius 2 is 1.94 bits per heavy atom. The number of aromatic nitrogens is 1. The molecule has 0 amide bonds. The van der Waals surface area contributed by atoms with Crippen LogP contribution in [0.5, 0.6) is 0 Å². The molecule has 2 N–H and O–H groups in total. The van der Waals surface area contributed by atoms with E-state index >= 15 is 0 Å². The number of hydrogen-bond acceptors (Lipinski definition) is 3. The molecule has 3 heteroatoms. The lowest BCUT2D eigenvalue weighted by Crippen LogP contribution is -2.35. The molecule has 0 radical (unpaired) electrons. The normalized spacial score (nSPS) is 22.4. The zero-order chi connectivity index (χ0) is 11.2. The third-order valence-corrected chi connectivity index (χ3v) is 4.15. The number of aryl methyl sites for hydroxylation is 1. The lowest BCUT2D eigenvalue weighted by molar-refractivity contribution is 0.383. The first kappa shape index (κ1) is 9.94. The van der Waals surface area contributed by atoms with Crippen molar-refractivity contribution in [1.82, 2.24) is 4.98 Å². The van der Waals surface area contributed by atoms with Crippen molar-refractivity contribution in [2.45, 2.75) is 32.6 Å². The molecule has 1 aliphatic carbocycles. The van der Waals surface area contributed by atoms with E-state index in [0.29, 0.717) is 0 Å². The predicted molar refractivity (Wildman–Crippen MR) is 66.5 cm³/mol.